The SMILES string of the molecule is CC(C)(C)OC(=O)N=C(NC(=O)OC(C)(C)C)NC(=O)c1cccc(-c2ccc(C(C)(C)C)cc2)c1. The summed E-state index contributed by atoms with van der Waals surface area (Å²) in [7, 11) is 0. The quantitative estimate of drug-likeness (QED) is 0.381. The summed E-state index contributed by atoms with van der Waals surface area (Å²) in [6.45, 7) is 16.6. The Morgan fingerprint density at radius 1 is 0.722 bits per heavy atom. The minimum absolute atomic E-state index is 0.0330. The molecule has 3 amide bonds. The minimum Gasteiger partial charge on any atom is -0.444 e. The number of guanidine groups is 1. The highest BCUT2D eigenvalue weighted by atomic mass is 16.6. The van der Waals surface area contributed by atoms with Crippen molar-refractivity contribution in [1.29, 1.82) is 0 Å². The lowest BCUT2D eigenvalue weighted by molar-refractivity contribution is 0.0561. The molecule has 0 radical (unpaired) electrons. The first kappa shape index (κ1) is 28.6. The van der Waals surface area contributed by atoms with Gasteiger partial charge in [-0.3, -0.25) is 15.4 Å². The Bertz CT molecular complexity index is 1130. The Morgan fingerprint density at radius 2 is 1.31 bits per heavy atom. The van der Waals surface area contributed by atoms with Crippen LogP contribution in [0.3, 0.4) is 0 Å². The highest BCUT2D eigenvalue weighted by molar-refractivity contribution is 6.11. The topological polar surface area (TPSA) is 106 Å². The summed E-state index contributed by atoms with van der Waals surface area (Å²) in [6, 6.07) is 15.2. The average Bonchev–Trinajstić information content (AvgIpc) is 2.70. The van der Waals surface area contributed by atoms with Gasteiger partial charge in [-0.1, -0.05) is 57.2 Å². The number of hydrogen-bond acceptors (Lipinski definition) is 5. The summed E-state index contributed by atoms with van der Waals surface area (Å²) < 4.78 is 10.4. The van der Waals surface area contributed by atoms with Crippen LogP contribution in [0.1, 0.15) is 78.2 Å². The Hall–Kier alpha value is -3.68. The van der Waals surface area contributed by atoms with E-state index in [9.17, 15) is 14.4 Å². The van der Waals surface area contributed by atoms with E-state index in [1.165, 1.54) is 5.56 Å². The minimum atomic E-state index is -0.971. The zero-order valence-electron chi connectivity index (χ0n) is 22.6. The standard InChI is InChI=1S/C28H37N3O5/c1-26(2,3)21-15-13-18(14-16-21)19-11-10-12-20(17-19)22(32)29-23(30-24(33)35-27(4,5)6)31-25(34)36-28(7,8)9/h10-17H,1-9H3,(H2,29,30,31,32,33,34). The number of rotatable bonds is 2. The molecule has 2 aromatic rings. The number of nitrogens with zero attached hydrogens (tertiary/aromatic N) is 1. The number of benzene rings is 2. The van der Waals surface area contributed by atoms with E-state index in [4.69, 9.17) is 9.47 Å². The second-order valence-corrected chi connectivity index (χ2v) is 11.4. The normalized spacial score (nSPS) is 12.5. The van der Waals surface area contributed by atoms with Crippen LogP contribution in [0.4, 0.5) is 9.59 Å². The van der Waals surface area contributed by atoms with Gasteiger partial charge in [0.25, 0.3) is 5.91 Å². The van der Waals surface area contributed by atoms with Gasteiger partial charge >= 0.3 is 12.2 Å². The molecule has 0 heterocycles. The van der Waals surface area contributed by atoms with E-state index < -0.39 is 35.3 Å². The van der Waals surface area contributed by atoms with Gasteiger partial charge in [-0.2, -0.15) is 0 Å². The largest absolute Gasteiger partial charge is 0.444 e. The molecule has 0 bridgehead atoms. The number of alkyl carbamates (subject to hydrolysis) is 1. The van der Waals surface area contributed by atoms with E-state index in [2.05, 4.69) is 48.5 Å². The molecule has 8 heteroatoms. The van der Waals surface area contributed by atoms with Crippen LogP contribution in [0.15, 0.2) is 53.5 Å². The Labute approximate surface area is 213 Å². The number of nitrogens with one attached hydrogen (secondary N) is 2. The summed E-state index contributed by atoms with van der Waals surface area (Å²) >= 11 is 0. The van der Waals surface area contributed by atoms with Crippen LogP contribution in [0.5, 0.6) is 0 Å². The molecule has 0 saturated carbocycles. The van der Waals surface area contributed by atoms with Gasteiger partial charge in [0.15, 0.2) is 0 Å². The summed E-state index contributed by atoms with van der Waals surface area (Å²) in [4.78, 5) is 41.3. The molecule has 0 aliphatic carbocycles. The molecule has 0 atom stereocenters. The van der Waals surface area contributed by atoms with E-state index >= 15 is 0 Å². The van der Waals surface area contributed by atoms with E-state index in [0.717, 1.165) is 11.1 Å². The number of amides is 3. The van der Waals surface area contributed by atoms with E-state index in [1.54, 1.807) is 59.7 Å². The van der Waals surface area contributed by atoms with Gasteiger partial charge in [-0.15, -0.1) is 4.99 Å². The third-order valence-electron chi connectivity index (χ3n) is 4.66. The Morgan fingerprint density at radius 3 is 1.83 bits per heavy atom. The van der Waals surface area contributed by atoms with Crippen molar-refractivity contribution in [2.45, 2.75) is 78.9 Å². The fourth-order valence-electron chi connectivity index (χ4n) is 3.05. The van der Waals surface area contributed by atoms with Gasteiger partial charge in [0.05, 0.1) is 0 Å². The van der Waals surface area contributed by atoms with Gasteiger partial charge in [0.1, 0.15) is 11.2 Å². The highest BCUT2D eigenvalue weighted by Gasteiger charge is 2.22. The molecule has 0 fully saturated rings. The van der Waals surface area contributed by atoms with Gasteiger partial charge in [-0.25, -0.2) is 9.59 Å². The Kier molecular flexibility index (Phi) is 8.67. The monoisotopic (exact) mass is 495 g/mol. The predicted octanol–water partition coefficient (Wildman–Crippen LogP) is 6.20. The van der Waals surface area contributed by atoms with Crippen molar-refractivity contribution in [3.05, 3.63) is 59.7 Å². The van der Waals surface area contributed by atoms with Crippen LogP contribution in [0, 0.1) is 0 Å². The number of aliphatic imine (C=N–C) groups is 1. The summed E-state index contributed by atoms with van der Waals surface area (Å²) in [5, 5.41) is 4.79. The van der Waals surface area contributed by atoms with Gasteiger partial charge in [-0.05, 0) is 75.8 Å². The first-order valence-corrected chi connectivity index (χ1v) is 11.8. The van der Waals surface area contributed by atoms with Crippen LogP contribution in [0.2, 0.25) is 0 Å². The molecule has 0 aliphatic rings. The van der Waals surface area contributed by atoms with Gasteiger partial charge in [0, 0.05) is 5.56 Å². The molecular weight excluding hydrogens is 458 g/mol. The second-order valence-electron chi connectivity index (χ2n) is 11.4. The van der Waals surface area contributed by atoms with Crippen molar-refractivity contribution in [3.8, 4) is 11.1 Å². The highest BCUT2D eigenvalue weighted by Crippen LogP contribution is 2.26. The lowest BCUT2D eigenvalue weighted by Crippen LogP contribution is -2.46. The zero-order valence-corrected chi connectivity index (χ0v) is 22.6. The molecule has 0 spiro atoms. The van der Waals surface area contributed by atoms with Crippen LogP contribution < -0.4 is 10.6 Å². The lowest BCUT2D eigenvalue weighted by atomic mass is 9.86. The molecule has 8 nitrogen and oxygen atoms in total. The smallest absolute Gasteiger partial charge is 0.437 e. The number of hydrogen-bond donors (Lipinski definition) is 2. The first-order chi connectivity index (χ1) is 16.4. The van der Waals surface area contributed by atoms with Crippen molar-refractivity contribution >= 4 is 24.1 Å². The van der Waals surface area contributed by atoms with E-state index in [-0.39, 0.29) is 5.41 Å². The van der Waals surface area contributed by atoms with Crippen molar-refractivity contribution in [2.75, 3.05) is 0 Å². The van der Waals surface area contributed by atoms with Crippen LogP contribution >= 0.6 is 0 Å². The maximum absolute atomic E-state index is 13.0. The fraction of sp³-hybridized carbons (Fsp3) is 0.429. The average molecular weight is 496 g/mol. The predicted molar refractivity (Wildman–Crippen MR) is 141 cm³/mol. The van der Waals surface area contributed by atoms with E-state index in [1.807, 2.05) is 18.2 Å². The van der Waals surface area contributed by atoms with Crippen LogP contribution in [-0.4, -0.2) is 35.3 Å². The summed E-state index contributed by atoms with van der Waals surface area (Å²) in [6.07, 6.45) is -1.85. The fourth-order valence-corrected chi connectivity index (χ4v) is 3.05. The van der Waals surface area contributed by atoms with Gasteiger partial charge in [0.2, 0.25) is 5.96 Å². The van der Waals surface area contributed by atoms with Crippen molar-refractivity contribution in [1.82, 2.24) is 10.6 Å². The maximum Gasteiger partial charge on any atom is 0.437 e. The molecule has 0 aliphatic heterocycles. The molecule has 2 N–H and O–H groups in total. The van der Waals surface area contributed by atoms with Crippen molar-refractivity contribution in [2.24, 2.45) is 4.99 Å². The third kappa shape index (κ3) is 9.52. The number of carbonyl (C=O) groups excluding carboxylic acids is 3. The number of ether oxygens (including phenoxy) is 2. The molecule has 0 unspecified atom stereocenters. The van der Waals surface area contributed by atoms with Crippen molar-refractivity contribution < 1.29 is 23.9 Å². The van der Waals surface area contributed by atoms with Crippen LogP contribution in [0.25, 0.3) is 11.1 Å². The molecule has 2 aromatic carbocycles. The molecule has 36 heavy (non-hydrogen) atoms. The zero-order chi connectivity index (χ0) is 27.3. The lowest BCUT2D eigenvalue weighted by Gasteiger charge is -2.21. The number of carbonyl (C=O) groups is 3. The molecular formula is C28H37N3O5. The molecule has 2 rings (SSSR count). The van der Waals surface area contributed by atoms with Gasteiger partial charge < -0.3 is 9.47 Å². The molecule has 0 aromatic heterocycles. The molecule has 0 saturated heterocycles. The summed E-state index contributed by atoms with van der Waals surface area (Å²) in [5.41, 5.74) is 1.75. The van der Waals surface area contributed by atoms with Crippen LogP contribution in [-0.2, 0) is 14.9 Å². The Balaban J connectivity index is 2.28. The van der Waals surface area contributed by atoms with Crippen molar-refractivity contribution in [3.63, 3.8) is 0 Å². The second kappa shape index (κ2) is 10.9. The summed E-state index contributed by atoms with van der Waals surface area (Å²) in [5.74, 6) is -0.968. The maximum atomic E-state index is 13.0. The first-order valence-electron chi connectivity index (χ1n) is 11.8. The van der Waals surface area contributed by atoms with E-state index in [0.29, 0.717) is 5.56 Å². The third-order valence-corrected chi connectivity index (χ3v) is 4.66. The molecule has 194 valence electrons.